The number of benzene rings is 2. The molecule has 1 N–H and O–H groups in total. The monoisotopic (exact) mass is 340 g/mol. The van der Waals surface area contributed by atoms with Gasteiger partial charge in [-0.3, -0.25) is 4.79 Å². The van der Waals surface area contributed by atoms with Crippen LogP contribution < -0.4 is 15.0 Å². The number of nitrogens with zero attached hydrogens (tertiary/aromatic N) is 1. The van der Waals surface area contributed by atoms with Gasteiger partial charge < -0.3 is 15.0 Å². The Morgan fingerprint density at radius 1 is 1.12 bits per heavy atom. The minimum absolute atomic E-state index is 0.155. The van der Waals surface area contributed by atoms with E-state index >= 15 is 0 Å². The van der Waals surface area contributed by atoms with Crippen LogP contribution in [0, 0.1) is 6.92 Å². The first kappa shape index (κ1) is 19.0. The predicted octanol–water partition coefficient (Wildman–Crippen LogP) is 3.58. The lowest BCUT2D eigenvalue weighted by molar-refractivity contribution is -0.118. The average Bonchev–Trinajstić information content (AvgIpc) is 2.62. The summed E-state index contributed by atoms with van der Waals surface area (Å²) in [5, 5.41) is 3.36. The zero-order valence-electron chi connectivity index (χ0n) is 15.4. The zero-order chi connectivity index (χ0) is 18.1. The second kappa shape index (κ2) is 9.84. The molecule has 0 aliphatic carbocycles. The summed E-state index contributed by atoms with van der Waals surface area (Å²) >= 11 is 0. The van der Waals surface area contributed by atoms with Crippen molar-refractivity contribution in [2.24, 2.45) is 0 Å². The Hall–Kier alpha value is -2.33. The number of aryl methyl sites for hydroxylation is 1. The van der Waals surface area contributed by atoms with E-state index in [1.54, 1.807) is 7.11 Å². The van der Waals surface area contributed by atoms with Crippen molar-refractivity contribution in [3.05, 3.63) is 59.7 Å². The number of hydrogen-bond acceptors (Lipinski definition) is 3. The second-order valence-electron chi connectivity index (χ2n) is 6.08. The van der Waals surface area contributed by atoms with E-state index in [0.29, 0.717) is 19.5 Å². The highest BCUT2D eigenvalue weighted by Crippen LogP contribution is 2.16. The summed E-state index contributed by atoms with van der Waals surface area (Å²) in [6.07, 6.45) is 1.42. The number of rotatable bonds is 9. The third-order valence-corrected chi connectivity index (χ3v) is 4.17. The standard InChI is InChI=1S/C21H28N2O2/c1-4-23(19-9-5-7-17(2)15-19)21(24)12-14-22-13-11-18-8-6-10-20(16-18)25-3/h5-10,15-16,22H,4,11-14H2,1-3H3. The molecule has 25 heavy (non-hydrogen) atoms. The molecule has 0 heterocycles. The van der Waals surface area contributed by atoms with Gasteiger partial charge in [0.1, 0.15) is 5.75 Å². The van der Waals surface area contributed by atoms with Crippen molar-refractivity contribution in [2.45, 2.75) is 26.7 Å². The first-order chi connectivity index (χ1) is 12.1. The summed E-state index contributed by atoms with van der Waals surface area (Å²) in [5.41, 5.74) is 3.37. The quantitative estimate of drug-likeness (QED) is 0.710. The molecule has 2 rings (SSSR count). The van der Waals surface area contributed by atoms with Gasteiger partial charge in [-0.05, 0) is 62.2 Å². The van der Waals surface area contributed by atoms with Crippen LogP contribution in [-0.4, -0.2) is 32.7 Å². The molecule has 0 aliphatic rings. The highest BCUT2D eigenvalue weighted by Gasteiger charge is 2.13. The van der Waals surface area contributed by atoms with Gasteiger partial charge in [-0.2, -0.15) is 0 Å². The molecule has 4 heteroatoms. The van der Waals surface area contributed by atoms with E-state index in [9.17, 15) is 4.79 Å². The molecule has 0 spiro atoms. The van der Waals surface area contributed by atoms with Crippen LogP contribution in [0.1, 0.15) is 24.5 Å². The van der Waals surface area contributed by atoms with Crippen LogP contribution in [0.5, 0.6) is 5.75 Å². The summed E-state index contributed by atoms with van der Waals surface area (Å²) in [6, 6.07) is 16.2. The lowest BCUT2D eigenvalue weighted by Crippen LogP contribution is -2.33. The number of carbonyl (C=O) groups is 1. The molecule has 0 fully saturated rings. The van der Waals surface area contributed by atoms with E-state index in [1.807, 2.05) is 55.1 Å². The van der Waals surface area contributed by atoms with Gasteiger partial charge >= 0.3 is 0 Å². The van der Waals surface area contributed by atoms with Gasteiger partial charge in [-0.15, -0.1) is 0 Å². The number of methoxy groups -OCH3 is 1. The number of carbonyl (C=O) groups excluding carboxylic acids is 1. The van der Waals surface area contributed by atoms with Crippen molar-refractivity contribution in [1.29, 1.82) is 0 Å². The van der Waals surface area contributed by atoms with Crippen LogP contribution in [0.3, 0.4) is 0 Å². The highest BCUT2D eigenvalue weighted by atomic mass is 16.5. The van der Waals surface area contributed by atoms with Crippen molar-refractivity contribution in [3.8, 4) is 5.75 Å². The van der Waals surface area contributed by atoms with Crippen molar-refractivity contribution >= 4 is 11.6 Å². The molecule has 0 saturated heterocycles. The molecule has 1 amide bonds. The molecule has 0 unspecified atom stereocenters. The molecule has 0 aliphatic heterocycles. The van der Waals surface area contributed by atoms with Gasteiger partial charge in [0, 0.05) is 25.2 Å². The Kier molecular flexibility index (Phi) is 7.48. The normalized spacial score (nSPS) is 10.5. The minimum Gasteiger partial charge on any atom is -0.497 e. The Bertz CT molecular complexity index is 685. The second-order valence-corrected chi connectivity index (χ2v) is 6.08. The van der Waals surface area contributed by atoms with Crippen LogP contribution in [0.2, 0.25) is 0 Å². The maximum absolute atomic E-state index is 12.5. The fourth-order valence-corrected chi connectivity index (χ4v) is 2.81. The predicted molar refractivity (Wildman–Crippen MR) is 103 cm³/mol. The van der Waals surface area contributed by atoms with Crippen LogP contribution in [0.15, 0.2) is 48.5 Å². The first-order valence-electron chi connectivity index (χ1n) is 8.84. The highest BCUT2D eigenvalue weighted by molar-refractivity contribution is 5.93. The smallest absolute Gasteiger partial charge is 0.228 e. The third kappa shape index (κ3) is 5.91. The van der Waals surface area contributed by atoms with Crippen molar-refractivity contribution in [2.75, 3.05) is 31.6 Å². The fraction of sp³-hybridized carbons (Fsp3) is 0.381. The minimum atomic E-state index is 0.155. The van der Waals surface area contributed by atoms with Gasteiger partial charge in [0.15, 0.2) is 0 Å². The third-order valence-electron chi connectivity index (χ3n) is 4.17. The molecule has 0 bridgehead atoms. The molecular formula is C21H28N2O2. The van der Waals surface area contributed by atoms with Crippen molar-refractivity contribution in [3.63, 3.8) is 0 Å². The Morgan fingerprint density at radius 3 is 2.64 bits per heavy atom. The SMILES string of the molecule is CCN(C(=O)CCNCCc1cccc(OC)c1)c1cccc(C)c1. The summed E-state index contributed by atoms with van der Waals surface area (Å²) in [6.45, 7) is 6.27. The number of ether oxygens (including phenoxy) is 1. The summed E-state index contributed by atoms with van der Waals surface area (Å²) in [7, 11) is 1.68. The van der Waals surface area contributed by atoms with Gasteiger partial charge in [0.25, 0.3) is 0 Å². The molecule has 0 saturated carbocycles. The molecule has 2 aromatic carbocycles. The maximum atomic E-state index is 12.5. The van der Waals surface area contributed by atoms with Gasteiger partial charge in [0.2, 0.25) is 5.91 Å². The number of hydrogen-bond donors (Lipinski definition) is 1. The van der Waals surface area contributed by atoms with E-state index in [-0.39, 0.29) is 5.91 Å². The zero-order valence-corrected chi connectivity index (χ0v) is 15.4. The van der Waals surface area contributed by atoms with Crippen LogP contribution in [-0.2, 0) is 11.2 Å². The van der Waals surface area contributed by atoms with Crippen LogP contribution in [0.4, 0.5) is 5.69 Å². The van der Waals surface area contributed by atoms with Crippen LogP contribution >= 0.6 is 0 Å². The van der Waals surface area contributed by atoms with Gasteiger partial charge in [-0.1, -0.05) is 24.3 Å². The number of anilines is 1. The summed E-state index contributed by atoms with van der Waals surface area (Å²) in [4.78, 5) is 14.3. The molecular weight excluding hydrogens is 312 g/mol. The van der Waals surface area contributed by atoms with E-state index < -0.39 is 0 Å². The molecule has 4 nitrogen and oxygen atoms in total. The van der Waals surface area contributed by atoms with E-state index in [2.05, 4.69) is 17.4 Å². The van der Waals surface area contributed by atoms with Crippen molar-refractivity contribution in [1.82, 2.24) is 5.32 Å². The largest absolute Gasteiger partial charge is 0.497 e. The molecule has 134 valence electrons. The number of nitrogens with one attached hydrogen (secondary N) is 1. The Balaban J connectivity index is 1.75. The molecule has 0 atom stereocenters. The molecule has 2 aromatic rings. The van der Waals surface area contributed by atoms with Crippen LogP contribution in [0.25, 0.3) is 0 Å². The first-order valence-corrected chi connectivity index (χ1v) is 8.84. The molecule has 0 aromatic heterocycles. The van der Waals surface area contributed by atoms with Crippen molar-refractivity contribution < 1.29 is 9.53 Å². The fourth-order valence-electron chi connectivity index (χ4n) is 2.81. The summed E-state index contributed by atoms with van der Waals surface area (Å²) in [5.74, 6) is 1.03. The van der Waals surface area contributed by atoms with E-state index in [1.165, 1.54) is 11.1 Å². The lowest BCUT2D eigenvalue weighted by Gasteiger charge is -2.21. The van der Waals surface area contributed by atoms with Gasteiger partial charge in [0.05, 0.1) is 7.11 Å². The lowest BCUT2D eigenvalue weighted by atomic mass is 10.1. The van der Waals surface area contributed by atoms with E-state index in [4.69, 9.17) is 4.74 Å². The maximum Gasteiger partial charge on any atom is 0.228 e. The number of amides is 1. The Labute approximate surface area is 150 Å². The summed E-state index contributed by atoms with van der Waals surface area (Å²) < 4.78 is 5.23. The average molecular weight is 340 g/mol. The molecule has 0 radical (unpaired) electrons. The Morgan fingerprint density at radius 2 is 1.92 bits per heavy atom. The topological polar surface area (TPSA) is 41.6 Å². The van der Waals surface area contributed by atoms with E-state index in [0.717, 1.165) is 24.4 Å². The van der Waals surface area contributed by atoms with Gasteiger partial charge in [-0.25, -0.2) is 0 Å².